The van der Waals surface area contributed by atoms with Crippen LogP contribution in [0.25, 0.3) is 0 Å². The number of carbonyl (C=O) groups is 11. The molecule has 0 bridgehead atoms. The molecule has 2 fully saturated rings. The maximum atomic E-state index is 16.3. The number of ether oxygens (including phenoxy) is 7. The van der Waals surface area contributed by atoms with Gasteiger partial charge >= 0.3 is 24.2 Å². The summed E-state index contributed by atoms with van der Waals surface area (Å²) < 4.78 is 55.2. The molecule has 3 heterocycles. The van der Waals surface area contributed by atoms with E-state index >= 15 is 4.39 Å². The zero-order chi connectivity index (χ0) is 77.1. The summed E-state index contributed by atoms with van der Waals surface area (Å²) in [5, 5.41) is 65.2. The van der Waals surface area contributed by atoms with Crippen molar-refractivity contribution in [1.29, 1.82) is 0 Å². The zero-order valence-corrected chi connectivity index (χ0v) is 61.1. The Morgan fingerprint density at radius 1 is 0.806 bits per heavy atom. The number of anilines is 1. The molecule has 2 aromatic carbocycles. The number of halogens is 1. The first kappa shape index (κ1) is 85.1. The number of carboxylic acid groups (broad SMARTS) is 1. The Bertz CT molecular complexity index is 3290. The van der Waals surface area contributed by atoms with Crippen LogP contribution in [0.1, 0.15) is 132 Å². The Morgan fingerprint density at radius 3 is 2.04 bits per heavy atom. The standard InChI is InChI=1S/C70H104FN9O23/c1-16-38(6)55(48(97-14)33-52(84)79-29-20-23-46(79)60(98-15)39(7)62(89)74-40(8)56(85)41-21-18-17-19-22-41)77(12)64(91)53(36(2)3)76-63(90)54(37(4)5)78(13)69(96)100-35-42-31-45(47(32-44(42)71)101-66-59(88)57(86)58(87)61(102-66)65(92)93)75-49(81)26-28-72-67(94)99-30-27-43(80-50(82)24-25-51(80)83)34-73-68(95)103-70(9,10)11/h17-19,21-22,24-25,31-32,36-40,43,46,48,53-61,66,85-88H,16,20,23,26-30,33-35H2,1-15H3,(H,72,94)(H,73,95)(H,74,89)(H,75,81)(H,76,90)(H,92,93)/t38-,39+,40+,43+,46-,48+,53-,54-,55+,56+,57-,58-,59+,60+,61-,66+/m0/s1. The molecular weight excluding hydrogens is 1350 g/mol. The fourth-order valence-corrected chi connectivity index (χ4v) is 12.6. The van der Waals surface area contributed by atoms with Crippen LogP contribution in [-0.4, -0.2) is 250 Å². The largest absolute Gasteiger partial charge is 0.479 e. The number of carbonyl (C=O) groups excluding carboxylic acids is 10. The van der Waals surface area contributed by atoms with Crippen LogP contribution in [-0.2, 0) is 73.4 Å². The number of benzene rings is 2. The normalized spacial score (nSPS) is 21.2. The maximum Gasteiger partial charge on any atom is 0.410 e. The number of aliphatic carboxylic acids is 1. The molecule has 0 radical (unpaired) electrons. The average molecular weight is 1460 g/mol. The molecule has 2 aromatic rings. The predicted octanol–water partition coefficient (Wildman–Crippen LogP) is 3.25. The summed E-state index contributed by atoms with van der Waals surface area (Å²) in [6.07, 6.45) is -13.4. The topological polar surface area (TPSA) is 427 Å². The first-order valence-electron chi connectivity index (χ1n) is 34.4. The number of nitrogens with zero attached hydrogens (tertiary/aromatic N) is 4. The summed E-state index contributed by atoms with van der Waals surface area (Å²) in [5.41, 5.74) is -1.08. The van der Waals surface area contributed by atoms with Crippen LogP contribution in [0, 0.1) is 29.5 Å². The van der Waals surface area contributed by atoms with Crippen molar-refractivity contribution in [2.45, 2.75) is 212 Å². The summed E-state index contributed by atoms with van der Waals surface area (Å²) in [6.45, 7) is 17.2. The molecule has 3 aliphatic rings. The van der Waals surface area contributed by atoms with Gasteiger partial charge in [0.2, 0.25) is 35.8 Å². The Balaban J connectivity index is 1.27. The average Bonchev–Trinajstić information content (AvgIpc) is 1.55. The number of carboxylic acids is 1. The lowest BCUT2D eigenvalue weighted by Gasteiger charge is -2.41. The van der Waals surface area contributed by atoms with Crippen LogP contribution < -0.4 is 31.3 Å². The summed E-state index contributed by atoms with van der Waals surface area (Å²) in [6, 6.07) is 5.14. The van der Waals surface area contributed by atoms with Crippen molar-refractivity contribution in [1.82, 2.24) is 40.9 Å². The summed E-state index contributed by atoms with van der Waals surface area (Å²) in [7, 11) is 5.72. The number of methoxy groups -OCH3 is 2. The molecule has 103 heavy (non-hydrogen) atoms. The lowest BCUT2D eigenvalue weighted by molar-refractivity contribution is -0.271. The molecule has 3 aliphatic heterocycles. The van der Waals surface area contributed by atoms with E-state index in [1.165, 1.54) is 26.2 Å². The number of aliphatic hydroxyl groups excluding tert-OH is 4. The highest BCUT2D eigenvalue weighted by Gasteiger charge is 2.49. The van der Waals surface area contributed by atoms with E-state index in [0.29, 0.717) is 37.4 Å². The van der Waals surface area contributed by atoms with Crippen molar-refractivity contribution in [2.75, 3.05) is 59.9 Å². The van der Waals surface area contributed by atoms with E-state index in [1.54, 1.807) is 98.5 Å². The number of alkyl carbamates (subject to hydrolysis) is 2. The minimum atomic E-state index is -2.16. The number of rotatable bonds is 35. The highest BCUT2D eigenvalue weighted by atomic mass is 19.1. The van der Waals surface area contributed by atoms with E-state index < -0.39 is 205 Å². The second-order valence-electron chi connectivity index (χ2n) is 27.7. The van der Waals surface area contributed by atoms with Crippen LogP contribution in [0.2, 0.25) is 0 Å². The van der Waals surface area contributed by atoms with Gasteiger partial charge in [0.1, 0.15) is 54.2 Å². The van der Waals surface area contributed by atoms with Gasteiger partial charge in [-0.1, -0.05) is 85.2 Å². The molecule has 10 N–H and O–H groups in total. The second kappa shape index (κ2) is 38.8. The number of hydrogen-bond donors (Lipinski definition) is 10. The third-order valence-corrected chi connectivity index (χ3v) is 18.3. The van der Waals surface area contributed by atoms with Crippen LogP contribution in [0.3, 0.4) is 0 Å². The number of likely N-dealkylation sites (tertiary alicyclic amines) is 1. The number of aliphatic hydroxyl groups is 4. The number of imide groups is 1. The third-order valence-electron chi connectivity index (χ3n) is 18.3. The lowest BCUT2D eigenvalue weighted by atomic mass is 9.89. The molecule has 5 rings (SSSR count). The van der Waals surface area contributed by atoms with Gasteiger partial charge in [0.25, 0.3) is 11.8 Å². The zero-order valence-electron chi connectivity index (χ0n) is 61.1. The highest BCUT2D eigenvalue weighted by molar-refractivity contribution is 6.13. The Kier molecular flexibility index (Phi) is 32.0. The quantitative estimate of drug-likeness (QED) is 0.0350. The molecule has 0 saturated carbocycles. The van der Waals surface area contributed by atoms with Gasteiger partial charge in [-0.25, -0.2) is 23.6 Å². The fraction of sp³-hybridized carbons (Fsp3) is 0.643. The van der Waals surface area contributed by atoms with Crippen molar-refractivity contribution in [3.8, 4) is 5.75 Å². The van der Waals surface area contributed by atoms with Gasteiger partial charge in [0, 0.05) is 84.6 Å². The molecule has 0 spiro atoms. The third kappa shape index (κ3) is 23.2. The van der Waals surface area contributed by atoms with E-state index in [-0.39, 0.29) is 43.7 Å². The molecular formula is C70H104FN9O23. The molecule has 32 nitrogen and oxygen atoms in total. The van der Waals surface area contributed by atoms with Crippen molar-refractivity contribution in [3.05, 3.63) is 71.6 Å². The minimum Gasteiger partial charge on any atom is -0.479 e. The lowest BCUT2D eigenvalue weighted by Crippen LogP contribution is -2.61. The molecule has 2 saturated heterocycles. The van der Waals surface area contributed by atoms with Gasteiger partial charge in [0.15, 0.2) is 6.10 Å². The molecule has 0 unspecified atom stereocenters. The van der Waals surface area contributed by atoms with E-state index in [1.807, 2.05) is 19.9 Å². The van der Waals surface area contributed by atoms with E-state index in [4.69, 9.17) is 33.2 Å². The molecule has 33 heteroatoms. The Hall–Kier alpha value is -8.60. The van der Waals surface area contributed by atoms with Gasteiger partial charge in [-0.15, -0.1) is 0 Å². The van der Waals surface area contributed by atoms with Gasteiger partial charge < -0.3 is 95.1 Å². The van der Waals surface area contributed by atoms with Crippen molar-refractivity contribution in [2.24, 2.45) is 23.7 Å². The maximum absolute atomic E-state index is 16.3. The van der Waals surface area contributed by atoms with Gasteiger partial charge in [-0.2, -0.15) is 0 Å². The van der Waals surface area contributed by atoms with E-state index in [9.17, 15) is 78.3 Å². The van der Waals surface area contributed by atoms with Crippen LogP contribution in [0.4, 0.5) is 24.5 Å². The van der Waals surface area contributed by atoms with Gasteiger partial charge in [-0.05, 0) is 69.9 Å². The first-order chi connectivity index (χ1) is 48.4. The van der Waals surface area contributed by atoms with Crippen molar-refractivity contribution < 1.29 is 116 Å². The molecule has 0 aromatic heterocycles. The Labute approximate surface area is 598 Å². The van der Waals surface area contributed by atoms with Gasteiger partial charge in [0.05, 0.1) is 67.1 Å². The smallest absolute Gasteiger partial charge is 0.410 e. The van der Waals surface area contributed by atoms with Gasteiger partial charge in [-0.3, -0.25) is 43.4 Å². The second-order valence-corrected chi connectivity index (χ2v) is 27.7. The number of nitrogens with one attached hydrogen (secondary N) is 5. The summed E-state index contributed by atoms with van der Waals surface area (Å²) in [4.78, 5) is 152. The summed E-state index contributed by atoms with van der Waals surface area (Å²) in [5.74, 6) is -10.0. The molecule has 10 amide bonds. The highest BCUT2D eigenvalue weighted by Crippen LogP contribution is 2.35. The number of hydrogen-bond acceptors (Lipinski definition) is 22. The first-order valence-corrected chi connectivity index (χ1v) is 34.4. The van der Waals surface area contributed by atoms with E-state index in [0.717, 1.165) is 28.0 Å². The summed E-state index contributed by atoms with van der Waals surface area (Å²) >= 11 is 0. The predicted molar refractivity (Wildman–Crippen MR) is 366 cm³/mol. The number of likely N-dealkylation sites (N-methyl/N-ethyl adjacent to an activating group) is 2. The van der Waals surface area contributed by atoms with Crippen molar-refractivity contribution in [3.63, 3.8) is 0 Å². The monoisotopic (exact) mass is 1460 g/mol. The number of amides is 10. The fourth-order valence-electron chi connectivity index (χ4n) is 12.6. The SMILES string of the molecule is CC[C@H](C)[C@H]([C@@H](CC(=O)N1CCC[C@H]1[C@H](OC)[C@@H](C)C(=O)N[C@H](C)[C@@H](O)c1ccccc1)OC)N(C)C(=O)[C@@H](NC(=O)[C@H](C(C)C)N(C)C(=O)OCc1cc(NC(=O)CCNC(=O)OCC[C@H](CNC(=O)OC(C)(C)C)N2C(=O)C=CC2=O)c(O[C@@H]2O[C@H](C(=O)O)[C@@H](O)[C@H](O)[C@H]2O)cc1F)C(C)C. The minimum absolute atomic E-state index is 0.140. The van der Waals surface area contributed by atoms with Crippen LogP contribution in [0.5, 0.6) is 5.75 Å². The molecule has 16 atom stereocenters. The molecule has 574 valence electrons. The molecule has 0 aliphatic carbocycles. The van der Waals surface area contributed by atoms with E-state index in [2.05, 4.69) is 26.6 Å². The Morgan fingerprint density at radius 2 is 1.46 bits per heavy atom. The van der Waals surface area contributed by atoms with Crippen LogP contribution in [0.15, 0.2) is 54.6 Å². The van der Waals surface area contributed by atoms with Crippen molar-refractivity contribution >= 4 is 71.3 Å². The van der Waals surface area contributed by atoms with Crippen LogP contribution >= 0.6 is 0 Å².